The molecule has 0 aliphatic heterocycles. The van der Waals surface area contributed by atoms with Crippen LogP contribution in [0, 0.1) is 6.92 Å². The van der Waals surface area contributed by atoms with Gasteiger partial charge in [0.2, 0.25) is 0 Å². The lowest BCUT2D eigenvalue weighted by atomic mass is 10.2. The average Bonchev–Trinajstić information content (AvgIpc) is 2.19. The molecule has 0 saturated carbocycles. The topological polar surface area (TPSA) is 58.2 Å². The van der Waals surface area contributed by atoms with E-state index in [0.717, 1.165) is 11.3 Å². The first-order chi connectivity index (χ1) is 7.42. The van der Waals surface area contributed by atoms with Crippen molar-refractivity contribution in [3.05, 3.63) is 36.2 Å². The highest BCUT2D eigenvalue weighted by atomic mass is 32.2. The summed E-state index contributed by atoms with van der Waals surface area (Å²) in [4.78, 5) is 0. The van der Waals surface area contributed by atoms with Crippen molar-refractivity contribution in [2.24, 2.45) is 0 Å². The van der Waals surface area contributed by atoms with Crippen LogP contribution in [0.1, 0.15) is 17.7 Å². The van der Waals surface area contributed by atoms with Crippen molar-refractivity contribution in [3.8, 4) is 0 Å². The van der Waals surface area contributed by atoms with E-state index in [2.05, 4.69) is 6.58 Å². The predicted molar refractivity (Wildman–Crippen MR) is 62.5 cm³/mol. The number of hydrogen-bond acceptors (Lipinski definition) is 2. The summed E-state index contributed by atoms with van der Waals surface area (Å²) in [5.74, 6) is -0.211. The van der Waals surface area contributed by atoms with Crippen molar-refractivity contribution in [3.63, 3.8) is 0 Å². The van der Waals surface area contributed by atoms with Crippen molar-refractivity contribution in [2.45, 2.75) is 19.9 Å². The molecule has 0 aromatic carbocycles. The Hall–Kier alpha value is -1.20. The van der Waals surface area contributed by atoms with Gasteiger partial charge in [-0.15, -0.1) is 0 Å². The summed E-state index contributed by atoms with van der Waals surface area (Å²) in [6.07, 6.45) is 4.04. The number of rotatable bonds is 5. The lowest BCUT2D eigenvalue weighted by molar-refractivity contribution is -0.702. The van der Waals surface area contributed by atoms with Gasteiger partial charge in [0.15, 0.2) is 11.9 Å². The third-order valence-corrected chi connectivity index (χ3v) is 3.12. The van der Waals surface area contributed by atoms with Crippen LogP contribution >= 0.6 is 0 Å². The molecule has 0 spiro atoms. The number of aryl methyl sites for hydroxylation is 2. The van der Waals surface area contributed by atoms with E-state index in [9.17, 15) is 8.42 Å². The van der Waals surface area contributed by atoms with Crippen LogP contribution in [0.3, 0.4) is 0 Å². The molecular formula is C11H16NO3S+. The normalized spacial score (nSPS) is 11.4. The molecule has 0 unspecified atom stereocenters. The standard InChI is InChI=1S/C11H15NO3S/c1-3-11-6-5-10(2)12(9-11)7-4-8-16(13,14)15/h3,5-6,9H,1,4,7-8H2,2H3/p+1. The molecule has 0 radical (unpaired) electrons. The van der Waals surface area contributed by atoms with Crippen molar-refractivity contribution in [1.29, 1.82) is 0 Å². The van der Waals surface area contributed by atoms with Gasteiger partial charge in [-0.25, -0.2) is 4.57 Å². The van der Waals surface area contributed by atoms with E-state index in [0.29, 0.717) is 13.0 Å². The maximum absolute atomic E-state index is 10.6. The van der Waals surface area contributed by atoms with Gasteiger partial charge in [0.05, 0.1) is 5.75 Å². The minimum absolute atomic E-state index is 0.211. The van der Waals surface area contributed by atoms with Crippen molar-refractivity contribution in [1.82, 2.24) is 0 Å². The molecule has 0 bridgehead atoms. The fraction of sp³-hybridized carbons (Fsp3) is 0.364. The second-order valence-electron chi connectivity index (χ2n) is 3.64. The van der Waals surface area contributed by atoms with E-state index in [4.69, 9.17) is 4.55 Å². The summed E-state index contributed by atoms with van der Waals surface area (Å²) in [7, 11) is -3.86. The lowest BCUT2D eigenvalue weighted by Crippen LogP contribution is -2.37. The third-order valence-electron chi connectivity index (χ3n) is 2.31. The molecule has 0 atom stereocenters. The second kappa shape index (κ2) is 5.23. The van der Waals surface area contributed by atoms with Gasteiger partial charge in [0, 0.05) is 25.0 Å². The maximum Gasteiger partial charge on any atom is 0.265 e. The number of hydrogen-bond donors (Lipinski definition) is 1. The van der Waals surface area contributed by atoms with E-state index in [1.165, 1.54) is 0 Å². The van der Waals surface area contributed by atoms with Gasteiger partial charge in [0.25, 0.3) is 10.1 Å². The highest BCUT2D eigenvalue weighted by Gasteiger charge is 2.10. The van der Waals surface area contributed by atoms with Crippen LogP contribution in [-0.4, -0.2) is 18.7 Å². The van der Waals surface area contributed by atoms with Crippen LogP contribution in [0.25, 0.3) is 6.08 Å². The van der Waals surface area contributed by atoms with Gasteiger partial charge in [-0.3, -0.25) is 4.55 Å². The minimum Gasteiger partial charge on any atom is -0.286 e. The predicted octanol–water partition coefficient (Wildman–Crippen LogP) is 1.20. The summed E-state index contributed by atoms with van der Waals surface area (Å²) < 4.78 is 31.7. The van der Waals surface area contributed by atoms with Gasteiger partial charge >= 0.3 is 0 Å². The molecule has 4 nitrogen and oxygen atoms in total. The van der Waals surface area contributed by atoms with E-state index in [1.54, 1.807) is 6.08 Å². The molecule has 1 rings (SSSR count). The first-order valence-electron chi connectivity index (χ1n) is 5.00. The van der Waals surface area contributed by atoms with Gasteiger partial charge in [-0.1, -0.05) is 12.7 Å². The second-order valence-corrected chi connectivity index (χ2v) is 5.21. The number of nitrogens with zero attached hydrogens (tertiary/aromatic N) is 1. The molecular weight excluding hydrogens is 226 g/mol. The minimum atomic E-state index is -3.86. The van der Waals surface area contributed by atoms with Crippen LogP contribution in [0.2, 0.25) is 0 Å². The monoisotopic (exact) mass is 242 g/mol. The lowest BCUT2D eigenvalue weighted by Gasteiger charge is -2.01. The Morgan fingerprint density at radius 3 is 2.75 bits per heavy atom. The Morgan fingerprint density at radius 2 is 2.19 bits per heavy atom. The number of pyridine rings is 1. The fourth-order valence-corrected chi connectivity index (χ4v) is 1.91. The van der Waals surface area contributed by atoms with Crippen LogP contribution in [0.15, 0.2) is 24.9 Å². The molecule has 1 aromatic rings. The Kier molecular flexibility index (Phi) is 4.20. The van der Waals surface area contributed by atoms with Gasteiger partial charge in [0.1, 0.15) is 6.54 Å². The molecule has 0 fully saturated rings. The molecule has 88 valence electrons. The first kappa shape index (κ1) is 12.9. The van der Waals surface area contributed by atoms with E-state index in [1.807, 2.05) is 29.8 Å². The zero-order chi connectivity index (χ0) is 12.2. The molecule has 0 amide bonds. The summed E-state index contributed by atoms with van der Waals surface area (Å²) in [5.41, 5.74) is 2.03. The highest BCUT2D eigenvalue weighted by Crippen LogP contribution is 1.99. The molecule has 1 heterocycles. The Morgan fingerprint density at radius 1 is 1.50 bits per heavy atom. The first-order valence-corrected chi connectivity index (χ1v) is 6.61. The van der Waals surface area contributed by atoms with Crippen LogP contribution in [0.4, 0.5) is 0 Å². The molecule has 0 saturated heterocycles. The fourth-order valence-electron chi connectivity index (χ4n) is 1.42. The molecule has 5 heteroatoms. The van der Waals surface area contributed by atoms with Gasteiger partial charge < -0.3 is 0 Å². The molecule has 1 aromatic heterocycles. The van der Waals surface area contributed by atoms with E-state index >= 15 is 0 Å². The van der Waals surface area contributed by atoms with Crippen LogP contribution in [-0.2, 0) is 16.7 Å². The van der Waals surface area contributed by atoms with Gasteiger partial charge in [-0.05, 0) is 6.07 Å². The molecule has 1 N–H and O–H groups in total. The molecule has 16 heavy (non-hydrogen) atoms. The smallest absolute Gasteiger partial charge is 0.265 e. The maximum atomic E-state index is 10.6. The Bertz CT molecular complexity index is 480. The quantitative estimate of drug-likeness (QED) is 0.623. The van der Waals surface area contributed by atoms with Crippen molar-refractivity contribution >= 4 is 16.2 Å². The van der Waals surface area contributed by atoms with E-state index in [-0.39, 0.29) is 5.75 Å². The largest absolute Gasteiger partial charge is 0.286 e. The summed E-state index contributed by atoms with van der Waals surface area (Å²) in [6, 6.07) is 3.89. The summed E-state index contributed by atoms with van der Waals surface area (Å²) in [5, 5.41) is 0. The zero-order valence-electron chi connectivity index (χ0n) is 9.26. The van der Waals surface area contributed by atoms with Crippen molar-refractivity contribution < 1.29 is 17.5 Å². The average molecular weight is 242 g/mol. The SMILES string of the molecule is C=Cc1ccc(C)[n+](CCCS(=O)(=O)O)c1. The Balaban J connectivity index is 2.69. The third kappa shape index (κ3) is 4.12. The van der Waals surface area contributed by atoms with Crippen LogP contribution < -0.4 is 4.57 Å². The number of aromatic nitrogens is 1. The zero-order valence-corrected chi connectivity index (χ0v) is 10.1. The summed E-state index contributed by atoms with van der Waals surface area (Å²) >= 11 is 0. The highest BCUT2D eigenvalue weighted by molar-refractivity contribution is 7.85. The van der Waals surface area contributed by atoms with Crippen molar-refractivity contribution in [2.75, 3.05) is 5.75 Å². The summed E-state index contributed by atoms with van der Waals surface area (Å²) in [6.45, 7) is 6.18. The van der Waals surface area contributed by atoms with Crippen LogP contribution in [0.5, 0.6) is 0 Å². The molecule has 0 aliphatic carbocycles. The Labute approximate surface area is 96.0 Å². The molecule has 0 aliphatic rings. The van der Waals surface area contributed by atoms with E-state index < -0.39 is 10.1 Å². The van der Waals surface area contributed by atoms with Gasteiger partial charge in [-0.2, -0.15) is 8.42 Å².